The average Bonchev–Trinajstić information content (AvgIpc) is 2.11. The first-order valence-electron chi connectivity index (χ1n) is 4.30. The summed E-state index contributed by atoms with van der Waals surface area (Å²) in [6.07, 6.45) is -9.97. The molecule has 0 radical (unpaired) electrons. The van der Waals surface area contributed by atoms with Gasteiger partial charge in [0.1, 0.15) is 11.5 Å². The number of benzene rings is 1. The van der Waals surface area contributed by atoms with Gasteiger partial charge in [-0.2, -0.15) is 0 Å². The van der Waals surface area contributed by atoms with Crippen LogP contribution in [-0.2, 0) is 5.33 Å². The molecule has 1 aromatic carbocycles. The molecular formula is C9H5BrF6O2. The van der Waals surface area contributed by atoms with Crippen molar-refractivity contribution in [3.05, 3.63) is 23.8 Å². The number of hydrogen-bond donors (Lipinski definition) is 0. The summed E-state index contributed by atoms with van der Waals surface area (Å²) in [7, 11) is 0. The molecule has 0 saturated heterocycles. The van der Waals surface area contributed by atoms with Crippen molar-refractivity contribution in [2.24, 2.45) is 0 Å². The summed E-state index contributed by atoms with van der Waals surface area (Å²) < 4.78 is 78.8. The predicted octanol–water partition coefficient (Wildman–Crippen LogP) is 4.38. The van der Waals surface area contributed by atoms with Crippen molar-refractivity contribution in [1.82, 2.24) is 0 Å². The zero-order valence-electron chi connectivity index (χ0n) is 8.40. The first-order valence-corrected chi connectivity index (χ1v) is 5.42. The molecule has 0 aliphatic heterocycles. The normalized spacial score (nSPS) is 12.4. The van der Waals surface area contributed by atoms with Crippen LogP contribution in [0.3, 0.4) is 0 Å². The topological polar surface area (TPSA) is 18.5 Å². The van der Waals surface area contributed by atoms with Crippen LogP contribution in [-0.4, -0.2) is 12.7 Å². The quantitative estimate of drug-likeness (QED) is 0.601. The second-order valence-electron chi connectivity index (χ2n) is 3.04. The fraction of sp³-hybridized carbons (Fsp3) is 0.333. The summed E-state index contributed by atoms with van der Waals surface area (Å²) in [4.78, 5) is 0. The second kappa shape index (κ2) is 5.25. The van der Waals surface area contributed by atoms with E-state index in [1.165, 1.54) is 0 Å². The second-order valence-corrected chi connectivity index (χ2v) is 3.60. The summed E-state index contributed by atoms with van der Waals surface area (Å²) in [5.74, 6) is -1.56. The maximum absolute atomic E-state index is 11.9. The highest BCUT2D eigenvalue weighted by Crippen LogP contribution is 2.31. The first kappa shape index (κ1) is 14.9. The first-order chi connectivity index (χ1) is 8.09. The van der Waals surface area contributed by atoms with Crippen LogP contribution in [0, 0.1) is 0 Å². The van der Waals surface area contributed by atoms with Gasteiger partial charge < -0.3 is 9.47 Å². The Kier molecular flexibility index (Phi) is 4.36. The van der Waals surface area contributed by atoms with Gasteiger partial charge in [0.2, 0.25) is 0 Å². The molecule has 0 N–H and O–H groups in total. The fourth-order valence-corrected chi connectivity index (χ4v) is 1.42. The van der Waals surface area contributed by atoms with E-state index in [2.05, 4.69) is 25.4 Å². The van der Waals surface area contributed by atoms with Crippen molar-refractivity contribution >= 4 is 15.9 Å². The molecule has 18 heavy (non-hydrogen) atoms. The van der Waals surface area contributed by atoms with E-state index in [1.807, 2.05) is 0 Å². The molecule has 1 aromatic rings. The van der Waals surface area contributed by atoms with E-state index in [0.717, 1.165) is 12.1 Å². The summed E-state index contributed by atoms with van der Waals surface area (Å²) >= 11 is 2.91. The molecule has 0 spiro atoms. The Hall–Kier alpha value is -1.12. The van der Waals surface area contributed by atoms with Crippen molar-refractivity contribution < 1.29 is 35.8 Å². The van der Waals surface area contributed by atoms with Gasteiger partial charge in [-0.05, 0) is 17.7 Å². The molecule has 1 rings (SSSR count). The minimum Gasteiger partial charge on any atom is -0.406 e. The van der Waals surface area contributed by atoms with Gasteiger partial charge in [0.25, 0.3) is 0 Å². The molecular weight excluding hydrogens is 334 g/mol. The van der Waals surface area contributed by atoms with Crippen LogP contribution < -0.4 is 9.47 Å². The number of alkyl halides is 7. The van der Waals surface area contributed by atoms with Gasteiger partial charge in [0, 0.05) is 11.4 Å². The summed E-state index contributed by atoms with van der Waals surface area (Å²) in [6.45, 7) is 0. The van der Waals surface area contributed by atoms with E-state index in [4.69, 9.17) is 0 Å². The lowest BCUT2D eigenvalue weighted by molar-refractivity contribution is -0.276. The van der Waals surface area contributed by atoms with E-state index in [1.54, 1.807) is 0 Å². The van der Waals surface area contributed by atoms with Gasteiger partial charge in [-0.3, -0.25) is 0 Å². The molecule has 2 nitrogen and oxygen atoms in total. The van der Waals surface area contributed by atoms with Gasteiger partial charge >= 0.3 is 12.7 Å². The molecule has 0 aliphatic carbocycles. The Labute approximate surface area is 106 Å². The molecule has 0 atom stereocenters. The lowest BCUT2D eigenvalue weighted by atomic mass is 10.2. The molecule has 0 fully saturated rings. The monoisotopic (exact) mass is 338 g/mol. The Bertz CT molecular complexity index is 380. The molecule has 102 valence electrons. The summed E-state index contributed by atoms with van der Waals surface area (Å²) in [5.41, 5.74) is 0.149. The fourth-order valence-electron chi connectivity index (χ4n) is 1.09. The van der Waals surface area contributed by atoms with E-state index in [-0.39, 0.29) is 10.9 Å². The highest BCUT2D eigenvalue weighted by molar-refractivity contribution is 9.08. The van der Waals surface area contributed by atoms with Crippen LogP contribution in [0.2, 0.25) is 0 Å². The van der Waals surface area contributed by atoms with E-state index >= 15 is 0 Å². The molecule has 0 aliphatic rings. The van der Waals surface area contributed by atoms with Gasteiger partial charge in [-0.1, -0.05) is 15.9 Å². The highest BCUT2D eigenvalue weighted by Gasteiger charge is 2.33. The third-order valence-electron chi connectivity index (χ3n) is 1.56. The Morgan fingerprint density at radius 3 is 1.50 bits per heavy atom. The van der Waals surface area contributed by atoms with Crippen LogP contribution >= 0.6 is 15.9 Å². The van der Waals surface area contributed by atoms with Crippen molar-refractivity contribution in [3.8, 4) is 11.5 Å². The zero-order chi connectivity index (χ0) is 14.0. The van der Waals surface area contributed by atoms with E-state index in [9.17, 15) is 26.3 Å². The van der Waals surface area contributed by atoms with Gasteiger partial charge in [-0.15, -0.1) is 26.3 Å². The standard InChI is InChI=1S/C9H5BrF6O2/c10-4-5-1-6(17-8(11,12)13)3-7(2-5)18-9(14,15)16/h1-3H,4H2. The third kappa shape index (κ3) is 5.48. The van der Waals surface area contributed by atoms with E-state index in [0.29, 0.717) is 6.07 Å². The molecule has 0 saturated carbocycles. The predicted molar refractivity (Wildman–Crippen MR) is 52.4 cm³/mol. The lowest BCUT2D eigenvalue weighted by Crippen LogP contribution is -2.19. The van der Waals surface area contributed by atoms with E-state index < -0.39 is 24.2 Å². The SMILES string of the molecule is FC(F)(F)Oc1cc(CBr)cc(OC(F)(F)F)c1. The maximum Gasteiger partial charge on any atom is 0.573 e. The van der Waals surface area contributed by atoms with Crippen molar-refractivity contribution in [1.29, 1.82) is 0 Å². The largest absolute Gasteiger partial charge is 0.573 e. The van der Waals surface area contributed by atoms with Gasteiger partial charge in [0.05, 0.1) is 0 Å². The van der Waals surface area contributed by atoms with Crippen LogP contribution in [0.25, 0.3) is 0 Å². The van der Waals surface area contributed by atoms with Crippen LogP contribution in [0.4, 0.5) is 26.3 Å². The molecule has 0 aromatic heterocycles. The third-order valence-corrected chi connectivity index (χ3v) is 2.21. The molecule has 0 amide bonds. The highest BCUT2D eigenvalue weighted by atomic mass is 79.9. The average molecular weight is 339 g/mol. The Morgan fingerprint density at radius 1 is 0.833 bits per heavy atom. The summed E-state index contributed by atoms with van der Waals surface area (Å²) in [5, 5.41) is 0.0519. The summed E-state index contributed by atoms with van der Waals surface area (Å²) in [6, 6.07) is 2.41. The minimum absolute atomic E-state index is 0.0519. The molecule has 0 unspecified atom stereocenters. The van der Waals surface area contributed by atoms with Gasteiger partial charge in [0.15, 0.2) is 0 Å². The zero-order valence-corrected chi connectivity index (χ0v) is 9.99. The van der Waals surface area contributed by atoms with Crippen LogP contribution in [0.5, 0.6) is 11.5 Å². The molecule has 9 heteroatoms. The number of ether oxygens (including phenoxy) is 2. The van der Waals surface area contributed by atoms with Crippen molar-refractivity contribution in [3.63, 3.8) is 0 Å². The smallest absolute Gasteiger partial charge is 0.406 e. The lowest BCUT2D eigenvalue weighted by Gasteiger charge is -2.13. The van der Waals surface area contributed by atoms with Crippen LogP contribution in [0.1, 0.15) is 5.56 Å². The molecule has 0 heterocycles. The minimum atomic E-state index is -4.99. The number of rotatable bonds is 3. The number of hydrogen-bond acceptors (Lipinski definition) is 2. The molecule has 0 bridgehead atoms. The Morgan fingerprint density at radius 2 is 1.22 bits per heavy atom. The Balaban J connectivity index is 3.02. The van der Waals surface area contributed by atoms with Crippen molar-refractivity contribution in [2.75, 3.05) is 0 Å². The van der Waals surface area contributed by atoms with Gasteiger partial charge in [-0.25, -0.2) is 0 Å². The van der Waals surface area contributed by atoms with Crippen LogP contribution in [0.15, 0.2) is 18.2 Å². The number of halogens is 7. The maximum atomic E-state index is 11.9. The van der Waals surface area contributed by atoms with Crippen molar-refractivity contribution in [2.45, 2.75) is 18.1 Å².